The molecule has 6 rings (SSSR count). The van der Waals surface area contributed by atoms with Gasteiger partial charge < -0.3 is 9.84 Å². The van der Waals surface area contributed by atoms with Gasteiger partial charge >= 0.3 is 5.97 Å². The summed E-state index contributed by atoms with van der Waals surface area (Å²) >= 11 is 0. The highest BCUT2D eigenvalue weighted by Gasteiger charge is 2.36. The summed E-state index contributed by atoms with van der Waals surface area (Å²) in [6.07, 6.45) is 3.73. The summed E-state index contributed by atoms with van der Waals surface area (Å²) in [4.78, 5) is 21.1. The fourth-order valence-electron chi connectivity index (χ4n) is 5.46. The van der Waals surface area contributed by atoms with Crippen molar-refractivity contribution < 1.29 is 23.1 Å². The predicted molar refractivity (Wildman–Crippen MR) is 150 cm³/mol. The molecular formula is C29H32N6O5S. The minimum absolute atomic E-state index is 0.0176. The Hall–Kier alpha value is -3.90. The Kier molecular flexibility index (Phi) is 6.98. The van der Waals surface area contributed by atoms with Crippen molar-refractivity contribution in [3.63, 3.8) is 0 Å². The maximum atomic E-state index is 13.7. The van der Waals surface area contributed by atoms with E-state index < -0.39 is 21.9 Å². The van der Waals surface area contributed by atoms with Crippen LogP contribution in [0.15, 0.2) is 47.5 Å². The first-order chi connectivity index (χ1) is 19.7. The zero-order chi connectivity index (χ0) is 28.9. The molecule has 1 N–H and O–H groups in total. The van der Waals surface area contributed by atoms with Gasteiger partial charge in [0.2, 0.25) is 15.9 Å². The molecule has 4 heterocycles. The van der Waals surface area contributed by atoms with Crippen molar-refractivity contribution >= 4 is 27.0 Å². The van der Waals surface area contributed by atoms with Crippen molar-refractivity contribution in [2.75, 3.05) is 6.54 Å². The van der Waals surface area contributed by atoms with Crippen molar-refractivity contribution in [2.24, 2.45) is 0 Å². The summed E-state index contributed by atoms with van der Waals surface area (Å²) in [5.74, 6) is -1.41. The van der Waals surface area contributed by atoms with E-state index >= 15 is 0 Å². The molecular weight excluding hydrogens is 544 g/mol. The van der Waals surface area contributed by atoms with E-state index in [1.165, 1.54) is 16.6 Å². The fourth-order valence-corrected chi connectivity index (χ4v) is 6.96. The quantitative estimate of drug-likeness (QED) is 0.328. The van der Waals surface area contributed by atoms with Gasteiger partial charge in [-0.05, 0) is 74.1 Å². The number of pyridine rings is 2. The molecule has 214 valence electrons. The first kappa shape index (κ1) is 27.3. The number of ether oxygens (including phenoxy) is 1. The molecule has 11 nitrogen and oxygen atoms in total. The van der Waals surface area contributed by atoms with Crippen LogP contribution in [0.2, 0.25) is 0 Å². The van der Waals surface area contributed by atoms with Crippen LogP contribution in [0.4, 0.5) is 0 Å². The van der Waals surface area contributed by atoms with E-state index in [2.05, 4.69) is 15.3 Å². The largest absolute Gasteiger partial charge is 0.481 e. The number of carbonyl (C=O) groups is 1. The van der Waals surface area contributed by atoms with E-state index in [1.807, 2.05) is 49.7 Å². The fraction of sp³-hybridized carbons (Fsp3) is 0.414. The van der Waals surface area contributed by atoms with Crippen molar-refractivity contribution in [3.8, 4) is 5.88 Å². The first-order valence-electron chi connectivity index (χ1n) is 13.8. The lowest BCUT2D eigenvalue weighted by atomic mass is 9.88. The van der Waals surface area contributed by atoms with Gasteiger partial charge in [0.15, 0.2) is 0 Å². The molecule has 2 aliphatic rings. The SMILES string of the molecule is CC[C@@H]1CN(Cc2nc([C@H](CC(=O)O)c3ccc4c(nnn4C4CC4)c3C)ccc2C)S(=O)(=O)c2cccnc2O1. The van der Waals surface area contributed by atoms with Crippen molar-refractivity contribution in [1.29, 1.82) is 0 Å². The third-order valence-electron chi connectivity index (χ3n) is 7.99. The number of benzene rings is 1. The average molecular weight is 577 g/mol. The van der Waals surface area contributed by atoms with E-state index in [-0.39, 0.29) is 36.4 Å². The molecule has 1 aromatic carbocycles. The number of carboxylic acids is 1. The monoisotopic (exact) mass is 576 g/mol. The zero-order valence-electron chi connectivity index (χ0n) is 23.2. The topological polar surface area (TPSA) is 140 Å². The Balaban J connectivity index is 1.39. The number of aryl methyl sites for hydroxylation is 2. The molecule has 1 aliphatic heterocycles. The number of fused-ring (bicyclic) bond motifs is 2. The number of aromatic nitrogens is 5. The predicted octanol–water partition coefficient (Wildman–Crippen LogP) is 4.14. The maximum Gasteiger partial charge on any atom is 0.304 e. The molecule has 0 radical (unpaired) electrons. The van der Waals surface area contributed by atoms with Crippen LogP contribution in [-0.2, 0) is 21.4 Å². The van der Waals surface area contributed by atoms with Crippen LogP contribution >= 0.6 is 0 Å². The number of nitrogens with zero attached hydrogens (tertiary/aromatic N) is 6. The highest BCUT2D eigenvalue weighted by atomic mass is 32.2. The standard InChI is InChI=1S/C29H32N6O5S/c1-4-20-15-34(41(38,39)26-6-5-13-30-29(26)40-20)16-24-17(2)7-11-23(31-24)22(14-27(36)37)21-10-12-25-28(18(21)3)32-33-35(25)19-8-9-19/h5-7,10-13,19-20,22H,4,8-9,14-16H2,1-3H3,(H,36,37)/t20-,22-/m1/s1. The van der Waals surface area contributed by atoms with Crippen molar-refractivity contribution in [2.45, 2.75) is 76.0 Å². The average Bonchev–Trinajstić information content (AvgIpc) is 3.71. The molecule has 0 bridgehead atoms. The Bertz CT molecular complexity index is 1750. The molecule has 0 unspecified atom stereocenters. The molecule has 41 heavy (non-hydrogen) atoms. The molecule has 1 aliphatic carbocycles. The Morgan fingerprint density at radius 2 is 1.98 bits per heavy atom. The van der Waals surface area contributed by atoms with Gasteiger partial charge in [-0.1, -0.05) is 24.3 Å². The molecule has 3 aromatic heterocycles. The smallest absolute Gasteiger partial charge is 0.304 e. The summed E-state index contributed by atoms with van der Waals surface area (Å²) in [5, 5.41) is 18.6. The summed E-state index contributed by atoms with van der Waals surface area (Å²) in [6, 6.07) is 11.1. The van der Waals surface area contributed by atoms with Gasteiger partial charge in [-0.2, -0.15) is 4.31 Å². The lowest BCUT2D eigenvalue weighted by molar-refractivity contribution is -0.137. The second kappa shape index (κ2) is 10.5. The summed E-state index contributed by atoms with van der Waals surface area (Å²) in [5.41, 5.74) is 5.30. The van der Waals surface area contributed by atoms with Crippen LogP contribution in [0.1, 0.15) is 72.6 Å². The Labute approximate surface area is 238 Å². The van der Waals surface area contributed by atoms with E-state index in [1.54, 1.807) is 6.07 Å². The number of hydrogen-bond acceptors (Lipinski definition) is 8. The van der Waals surface area contributed by atoms with Gasteiger partial charge in [-0.15, -0.1) is 5.10 Å². The van der Waals surface area contributed by atoms with E-state index in [0.29, 0.717) is 23.9 Å². The van der Waals surface area contributed by atoms with Crippen LogP contribution < -0.4 is 4.74 Å². The van der Waals surface area contributed by atoms with Crippen LogP contribution in [-0.4, -0.2) is 61.4 Å². The number of aliphatic carboxylic acids is 1. The van der Waals surface area contributed by atoms with Gasteiger partial charge in [0.05, 0.1) is 36.8 Å². The highest BCUT2D eigenvalue weighted by molar-refractivity contribution is 7.89. The summed E-state index contributed by atoms with van der Waals surface area (Å²) in [6.45, 7) is 5.91. The van der Waals surface area contributed by atoms with Gasteiger partial charge in [0, 0.05) is 17.8 Å². The van der Waals surface area contributed by atoms with E-state index in [0.717, 1.165) is 40.6 Å². The molecule has 0 spiro atoms. The van der Waals surface area contributed by atoms with E-state index in [9.17, 15) is 18.3 Å². The molecule has 1 fully saturated rings. The van der Waals surface area contributed by atoms with Crippen molar-refractivity contribution in [3.05, 3.63) is 70.7 Å². The minimum Gasteiger partial charge on any atom is -0.481 e. The number of hydrogen-bond donors (Lipinski definition) is 1. The number of rotatable bonds is 8. The second-order valence-electron chi connectivity index (χ2n) is 10.8. The molecule has 4 aromatic rings. The molecule has 1 saturated carbocycles. The van der Waals surface area contributed by atoms with Crippen LogP contribution in [0.25, 0.3) is 11.0 Å². The van der Waals surface area contributed by atoms with Gasteiger partial charge in [0.1, 0.15) is 16.5 Å². The summed E-state index contributed by atoms with van der Waals surface area (Å²) in [7, 11) is -3.92. The first-order valence-corrected chi connectivity index (χ1v) is 15.3. The number of carboxylic acid groups (broad SMARTS) is 1. The van der Waals surface area contributed by atoms with E-state index in [4.69, 9.17) is 9.72 Å². The highest BCUT2D eigenvalue weighted by Crippen LogP contribution is 2.39. The Morgan fingerprint density at radius 3 is 2.71 bits per heavy atom. The molecule has 0 amide bonds. The summed E-state index contributed by atoms with van der Waals surface area (Å²) < 4.78 is 36.7. The zero-order valence-corrected chi connectivity index (χ0v) is 24.0. The van der Waals surface area contributed by atoms with Crippen LogP contribution in [0.5, 0.6) is 5.88 Å². The van der Waals surface area contributed by atoms with Crippen LogP contribution in [0, 0.1) is 13.8 Å². The Morgan fingerprint density at radius 1 is 1.17 bits per heavy atom. The maximum absolute atomic E-state index is 13.7. The third-order valence-corrected chi connectivity index (χ3v) is 9.81. The third kappa shape index (κ3) is 5.06. The lowest BCUT2D eigenvalue weighted by Gasteiger charge is -2.24. The molecule has 0 saturated heterocycles. The number of sulfonamides is 1. The minimum atomic E-state index is -3.92. The van der Waals surface area contributed by atoms with Gasteiger partial charge in [-0.3, -0.25) is 9.78 Å². The molecule has 12 heteroatoms. The molecule has 2 atom stereocenters. The second-order valence-corrected chi connectivity index (χ2v) is 12.7. The van der Waals surface area contributed by atoms with Gasteiger partial charge in [0.25, 0.3) is 0 Å². The van der Waals surface area contributed by atoms with Crippen molar-refractivity contribution in [1.82, 2.24) is 29.3 Å². The lowest BCUT2D eigenvalue weighted by Crippen LogP contribution is -2.37. The van der Waals surface area contributed by atoms with Crippen LogP contribution in [0.3, 0.4) is 0 Å². The normalized spacial score (nSPS) is 19.3. The van der Waals surface area contributed by atoms with Gasteiger partial charge in [-0.25, -0.2) is 18.1 Å².